The summed E-state index contributed by atoms with van der Waals surface area (Å²) in [4.78, 5) is 24.9. The number of fused-ring (bicyclic) bond motifs is 2. The SMILES string of the molecule is O=C(/C=C/c1sc2ccccc2c1Cl)NNC(=O)c1ccc2c(c1)OCO2. The van der Waals surface area contributed by atoms with Gasteiger partial charge in [-0.05, 0) is 30.3 Å². The van der Waals surface area contributed by atoms with E-state index in [4.69, 9.17) is 21.1 Å². The number of hydrazine groups is 1. The number of thiophene rings is 1. The number of carbonyl (C=O) groups excluding carboxylic acids is 2. The van der Waals surface area contributed by atoms with Crippen LogP contribution in [0.3, 0.4) is 0 Å². The molecule has 0 radical (unpaired) electrons. The largest absolute Gasteiger partial charge is 0.454 e. The topological polar surface area (TPSA) is 76.7 Å². The van der Waals surface area contributed by atoms with Crippen LogP contribution >= 0.6 is 22.9 Å². The zero-order valence-electron chi connectivity index (χ0n) is 13.8. The summed E-state index contributed by atoms with van der Waals surface area (Å²) in [5.41, 5.74) is 5.03. The molecule has 1 aliphatic heterocycles. The van der Waals surface area contributed by atoms with E-state index in [2.05, 4.69) is 10.9 Å². The number of benzene rings is 2. The van der Waals surface area contributed by atoms with Crippen LogP contribution in [0.15, 0.2) is 48.5 Å². The zero-order chi connectivity index (χ0) is 18.8. The third-order valence-corrected chi connectivity index (χ3v) is 5.54. The molecule has 136 valence electrons. The molecular formula is C19H13ClN2O4S. The molecule has 0 fully saturated rings. The molecule has 2 heterocycles. The number of ether oxygens (including phenoxy) is 2. The summed E-state index contributed by atoms with van der Waals surface area (Å²) in [6.07, 6.45) is 2.94. The van der Waals surface area contributed by atoms with Crippen molar-refractivity contribution in [1.29, 1.82) is 0 Å². The Balaban J connectivity index is 1.38. The van der Waals surface area contributed by atoms with Crippen molar-refractivity contribution in [2.24, 2.45) is 0 Å². The van der Waals surface area contributed by atoms with Gasteiger partial charge in [-0.2, -0.15) is 0 Å². The summed E-state index contributed by atoms with van der Waals surface area (Å²) in [5, 5.41) is 1.55. The minimum Gasteiger partial charge on any atom is -0.454 e. The molecule has 0 atom stereocenters. The molecule has 3 aromatic rings. The third-order valence-electron chi connectivity index (χ3n) is 3.88. The molecule has 27 heavy (non-hydrogen) atoms. The predicted octanol–water partition coefficient (Wildman–Crippen LogP) is 3.76. The maximum atomic E-state index is 12.1. The maximum absolute atomic E-state index is 12.1. The van der Waals surface area contributed by atoms with Crippen LogP contribution in [0.25, 0.3) is 16.2 Å². The number of rotatable bonds is 3. The fourth-order valence-corrected chi connectivity index (χ4v) is 3.96. The average molecular weight is 401 g/mol. The van der Waals surface area contributed by atoms with Gasteiger partial charge in [-0.15, -0.1) is 11.3 Å². The fourth-order valence-electron chi connectivity index (χ4n) is 2.56. The van der Waals surface area contributed by atoms with E-state index in [1.54, 1.807) is 24.3 Å². The first-order valence-electron chi connectivity index (χ1n) is 7.97. The van der Waals surface area contributed by atoms with Gasteiger partial charge in [0.05, 0.1) is 5.02 Å². The van der Waals surface area contributed by atoms with Crippen LogP contribution in [0.2, 0.25) is 5.02 Å². The Hall–Kier alpha value is -3.03. The van der Waals surface area contributed by atoms with Crippen molar-refractivity contribution in [1.82, 2.24) is 10.9 Å². The van der Waals surface area contributed by atoms with Gasteiger partial charge in [0.2, 0.25) is 6.79 Å². The Morgan fingerprint density at radius 3 is 2.74 bits per heavy atom. The Morgan fingerprint density at radius 2 is 1.89 bits per heavy atom. The Bertz CT molecular complexity index is 1080. The molecular weight excluding hydrogens is 388 g/mol. The van der Waals surface area contributed by atoms with Crippen LogP contribution in [0.4, 0.5) is 0 Å². The second kappa shape index (κ2) is 7.30. The molecule has 1 aliphatic rings. The van der Waals surface area contributed by atoms with E-state index in [1.807, 2.05) is 24.3 Å². The fraction of sp³-hybridized carbons (Fsp3) is 0.0526. The molecule has 0 aliphatic carbocycles. The third kappa shape index (κ3) is 3.60. The van der Waals surface area contributed by atoms with E-state index in [0.717, 1.165) is 15.0 Å². The van der Waals surface area contributed by atoms with Crippen LogP contribution in [-0.4, -0.2) is 18.6 Å². The van der Waals surface area contributed by atoms with E-state index in [9.17, 15) is 9.59 Å². The van der Waals surface area contributed by atoms with Crippen LogP contribution in [0.1, 0.15) is 15.2 Å². The lowest BCUT2D eigenvalue weighted by molar-refractivity contribution is -0.117. The molecule has 6 nitrogen and oxygen atoms in total. The molecule has 1 aromatic heterocycles. The molecule has 2 amide bonds. The Kier molecular flexibility index (Phi) is 4.70. The maximum Gasteiger partial charge on any atom is 0.269 e. The van der Waals surface area contributed by atoms with Gasteiger partial charge in [-0.3, -0.25) is 20.4 Å². The predicted molar refractivity (Wildman–Crippen MR) is 104 cm³/mol. The summed E-state index contributed by atoms with van der Waals surface area (Å²) in [6.45, 7) is 0.127. The van der Waals surface area contributed by atoms with Gasteiger partial charge in [0.15, 0.2) is 11.5 Å². The first-order chi connectivity index (χ1) is 13.1. The van der Waals surface area contributed by atoms with Crippen molar-refractivity contribution < 1.29 is 19.1 Å². The van der Waals surface area contributed by atoms with Crippen molar-refractivity contribution in [3.63, 3.8) is 0 Å². The number of carbonyl (C=O) groups is 2. The number of hydrogen-bond acceptors (Lipinski definition) is 5. The number of hydrogen-bond donors (Lipinski definition) is 2. The molecule has 4 rings (SSSR count). The van der Waals surface area contributed by atoms with Gasteiger partial charge in [-0.25, -0.2) is 0 Å². The summed E-state index contributed by atoms with van der Waals surface area (Å²) in [5.74, 6) is 0.138. The highest BCUT2D eigenvalue weighted by Crippen LogP contribution is 2.36. The molecule has 2 aromatic carbocycles. The highest BCUT2D eigenvalue weighted by atomic mass is 35.5. The lowest BCUT2D eigenvalue weighted by Gasteiger charge is -2.06. The van der Waals surface area contributed by atoms with Crippen LogP contribution in [-0.2, 0) is 4.79 Å². The first kappa shape index (κ1) is 17.4. The second-order valence-corrected chi connectivity index (χ2v) is 7.08. The van der Waals surface area contributed by atoms with Crippen molar-refractivity contribution in [2.75, 3.05) is 6.79 Å². The lowest BCUT2D eigenvalue weighted by atomic mass is 10.2. The molecule has 8 heteroatoms. The van der Waals surface area contributed by atoms with Crippen LogP contribution in [0.5, 0.6) is 11.5 Å². The molecule has 0 saturated carbocycles. The highest BCUT2D eigenvalue weighted by Gasteiger charge is 2.16. The Labute approximate surface area is 163 Å². The minimum absolute atomic E-state index is 0.127. The number of nitrogens with one attached hydrogen (secondary N) is 2. The minimum atomic E-state index is -0.474. The quantitative estimate of drug-likeness (QED) is 0.518. The summed E-state index contributed by atoms with van der Waals surface area (Å²) < 4.78 is 11.5. The average Bonchev–Trinajstić information content (AvgIpc) is 3.28. The molecule has 0 bridgehead atoms. The molecule has 0 unspecified atom stereocenters. The van der Waals surface area contributed by atoms with E-state index in [1.165, 1.54) is 17.4 Å². The van der Waals surface area contributed by atoms with Gasteiger partial charge in [0.1, 0.15) is 0 Å². The van der Waals surface area contributed by atoms with Gasteiger partial charge in [0, 0.05) is 26.6 Å². The first-order valence-corrected chi connectivity index (χ1v) is 9.16. The van der Waals surface area contributed by atoms with Gasteiger partial charge in [-0.1, -0.05) is 29.8 Å². The smallest absolute Gasteiger partial charge is 0.269 e. The highest BCUT2D eigenvalue weighted by molar-refractivity contribution is 7.20. The second-order valence-electron chi connectivity index (χ2n) is 5.62. The molecule has 0 saturated heterocycles. The van der Waals surface area contributed by atoms with Crippen molar-refractivity contribution >= 4 is 50.9 Å². The normalized spacial score (nSPS) is 12.5. The van der Waals surface area contributed by atoms with Gasteiger partial charge >= 0.3 is 0 Å². The number of amides is 2. The van der Waals surface area contributed by atoms with Crippen molar-refractivity contribution in [3.8, 4) is 11.5 Å². The van der Waals surface area contributed by atoms with Crippen molar-refractivity contribution in [3.05, 3.63) is 64.0 Å². The van der Waals surface area contributed by atoms with Gasteiger partial charge < -0.3 is 9.47 Å². The van der Waals surface area contributed by atoms with Gasteiger partial charge in [0.25, 0.3) is 11.8 Å². The Morgan fingerprint density at radius 1 is 1.07 bits per heavy atom. The van der Waals surface area contributed by atoms with E-state index in [-0.39, 0.29) is 6.79 Å². The van der Waals surface area contributed by atoms with Crippen LogP contribution in [0, 0.1) is 0 Å². The summed E-state index contributed by atoms with van der Waals surface area (Å²) in [7, 11) is 0. The van der Waals surface area contributed by atoms with Crippen LogP contribution < -0.4 is 20.3 Å². The standard InChI is InChI=1S/C19H13ClN2O4S/c20-18-12-3-1-2-4-15(12)27-16(18)7-8-17(23)21-22-19(24)11-5-6-13-14(9-11)26-10-25-13/h1-9H,10H2,(H,21,23)(H,22,24)/b8-7+. The van der Waals surface area contributed by atoms with E-state index >= 15 is 0 Å². The molecule has 2 N–H and O–H groups in total. The zero-order valence-corrected chi connectivity index (χ0v) is 15.4. The lowest BCUT2D eigenvalue weighted by Crippen LogP contribution is -2.40. The number of halogens is 1. The van der Waals surface area contributed by atoms with Crippen molar-refractivity contribution in [2.45, 2.75) is 0 Å². The monoisotopic (exact) mass is 400 g/mol. The molecule has 0 spiro atoms. The summed E-state index contributed by atoms with van der Waals surface area (Å²) in [6, 6.07) is 12.5. The van der Waals surface area contributed by atoms with E-state index < -0.39 is 11.8 Å². The summed E-state index contributed by atoms with van der Waals surface area (Å²) >= 11 is 7.82. The van der Waals surface area contributed by atoms with E-state index in [0.29, 0.717) is 22.1 Å².